The molecular formula is C27H35F2N3O4. The lowest BCUT2D eigenvalue weighted by Crippen LogP contribution is -2.56. The van der Waals surface area contributed by atoms with Crippen LogP contribution < -0.4 is 10.7 Å². The highest BCUT2D eigenvalue weighted by atomic mass is 19.1. The monoisotopic (exact) mass is 503 g/mol. The van der Waals surface area contributed by atoms with E-state index in [1.54, 1.807) is 0 Å². The average Bonchev–Trinajstić information content (AvgIpc) is 2.83. The molecule has 1 amide bonds. The summed E-state index contributed by atoms with van der Waals surface area (Å²) in [6.07, 6.45) is 5.26. The number of aromatic nitrogens is 1. The molecule has 1 atom stereocenters. The molecule has 0 saturated heterocycles. The Balaban J connectivity index is 1.94. The standard InChI is InChI=1S/C27H35F2N3O4/c1-5-7-11-31(12-8-6-2)21-16-32-15-19(23(33)24(34)22(32)25(35)27(21,3)4)26(36)30-14-17-9-10-18(28)13-20(17)29/h9-10,13,15,21,34H,5-8,11-12,14,16H2,1-4H3,(H,30,36). The Bertz CT molecular complexity index is 1180. The second kappa shape index (κ2) is 11.3. The Morgan fingerprint density at radius 1 is 1.17 bits per heavy atom. The van der Waals surface area contributed by atoms with Gasteiger partial charge >= 0.3 is 0 Å². The molecule has 1 aliphatic rings. The number of ketones is 1. The minimum absolute atomic E-state index is 0.0477. The first kappa shape index (κ1) is 27.5. The molecule has 1 unspecified atom stereocenters. The number of halogens is 2. The molecule has 196 valence electrons. The number of rotatable bonds is 10. The molecule has 0 fully saturated rings. The molecule has 36 heavy (non-hydrogen) atoms. The molecule has 0 bridgehead atoms. The zero-order chi connectivity index (χ0) is 26.6. The van der Waals surface area contributed by atoms with Gasteiger partial charge in [-0.3, -0.25) is 19.3 Å². The highest BCUT2D eigenvalue weighted by Crippen LogP contribution is 2.37. The lowest BCUT2D eigenvalue weighted by atomic mass is 9.75. The van der Waals surface area contributed by atoms with Gasteiger partial charge in [-0.25, -0.2) is 8.78 Å². The Labute approximate surface area is 210 Å². The van der Waals surface area contributed by atoms with Crippen LogP contribution in [-0.2, 0) is 13.1 Å². The fourth-order valence-electron chi connectivity index (χ4n) is 4.72. The molecule has 0 radical (unpaired) electrons. The third-order valence-corrected chi connectivity index (χ3v) is 7.00. The Morgan fingerprint density at radius 2 is 1.81 bits per heavy atom. The Hall–Kier alpha value is -3.07. The number of nitrogens with zero attached hydrogens (tertiary/aromatic N) is 2. The highest BCUT2D eigenvalue weighted by molar-refractivity contribution is 6.03. The maximum atomic E-state index is 13.9. The number of unbranched alkanes of at least 4 members (excludes halogenated alkanes) is 2. The smallest absolute Gasteiger partial charge is 0.257 e. The molecule has 1 aliphatic heterocycles. The zero-order valence-electron chi connectivity index (χ0n) is 21.4. The maximum Gasteiger partial charge on any atom is 0.257 e. The number of hydrogen-bond donors (Lipinski definition) is 2. The molecule has 7 nitrogen and oxygen atoms in total. The van der Waals surface area contributed by atoms with E-state index in [0.29, 0.717) is 12.6 Å². The number of pyridine rings is 1. The lowest BCUT2D eigenvalue weighted by Gasteiger charge is -2.45. The van der Waals surface area contributed by atoms with Gasteiger partial charge < -0.3 is 15.0 Å². The number of carbonyl (C=O) groups excluding carboxylic acids is 2. The zero-order valence-corrected chi connectivity index (χ0v) is 21.4. The van der Waals surface area contributed by atoms with Gasteiger partial charge in [-0.2, -0.15) is 0 Å². The quantitative estimate of drug-likeness (QED) is 0.506. The van der Waals surface area contributed by atoms with Crippen molar-refractivity contribution < 1.29 is 23.5 Å². The van der Waals surface area contributed by atoms with E-state index in [9.17, 15) is 28.3 Å². The van der Waals surface area contributed by atoms with Gasteiger partial charge in [-0.1, -0.05) is 46.6 Å². The van der Waals surface area contributed by atoms with E-state index in [1.165, 1.54) is 16.8 Å². The van der Waals surface area contributed by atoms with Gasteiger partial charge in [-0.05, 0) is 32.0 Å². The van der Waals surface area contributed by atoms with Crippen LogP contribution >= 0.6 is 0 Å². The SMILES string of the molecule is CCCCN(CCCC)C1Cn2cc(C(=O)NCc3ccc(F)cc3F)c(=O)c(O)c2C(=O)C1(C)C. The van der Waals surface area contributed by atoms with Crippen molar-refractivity contribution in [3.05, 3.63) is 63.1 Å². The fraction of sp³-hybridized carbons (Fsp3) is 0.519. The minimum atomic E-state index is -0.963. The highest BCUT2D eigenvalue weighted by Gasteiger charge is 2.46. The van der Waals surface area contributed by atoms with Crippen molar-refractivity contribution in [2.24, 2.45) is 5.41 Å². The summed E-state index contributed by atoms with van der Waals surface area (Å²) in [7, 11) is 0. The second-order valence-electron chi connectivity index (χ2n) is 9.95. The minimum Gasteiger partial charge on any atom is -0.503 e. The van der Waals surface area contributed by atoms with Gasteiger partial charge in [-0.15, -0.1) is 0 Å². The van der Waals surface area contributed by atoms with Crippen LogP contribution in [0.25, 0.3) is 0 Å². The lowest BCUT2D eigenvalue weighted by molar-refractivity contribution is 0.0394. The van der Waals surface area contributed by atoms with Gasteiger partial charge in [0.2, 0.25) is 5.43 Å². The number of carbonyl (C=O) groups is 2. The molecule has 1 aromatic heterocycles. The molecule has 9 heteroatoms. The third-order valence-electron chi connectivity index (χ3n) is 7.00. The largest absolute Gasteiger partial charge is 0.503 e. The van der Waals surface area contributed by atoms with E-state index in [0.717, 1.165) is 44.8 Å². The van der Waals surface area contributed by atoms with Gasteiger partial charge in [0.25, 0.3) is 5.91 Å². The van der Waals surface area contributed by atoms with Gasteiger partial charge in [0.15, 0.2) is 11.5 Å². The van der Waals surface area contributed by atoms with Crippen LogP contribution in [0.3, 0.4) is 0 Å². The van der Waals surface area contributed by atoms with Crippen LogP contribution in [0.5, 0.6) is 5.75 Å². The summed E-state index contributed by atoms with van der Waals surface area (Å²) < 4.78 is 28.6. The average molecular weight is 504 g/mol. The van der Waals surface area contributed by atoms with E-state index in [2.05, 4.69) is 24.1 Å². The van der Waals surface area contributed by atoms with Crippen LogP contribution in [-0.4, -0.2) is 45.4 Å². The van der Waals surface area contributed by atoms with Crippen molar-refractivity contribution in [1.82, 2.24) is 14.8 Å². The van der Waals surface area contributed by atoms with Crippen LogP contribution in [0.1, 0.15) is 79.8 Å². The second-order valence-corrected chi connectivity index (χ2v) is 9.95. The number of hydrogen-bond acceptors (Lipinski definition) is 5. The van der Waals surface area contributed by atoms with Crippen molar-refractivity contribution in [2.45, 2.75) is 72.5 Å². The van der Waals surface area contributed by atoms with Crippen LogP contribution in [0, 0.1) is 17.0 Å². The van der Waals surface area contributed by atoms with Gasteiger partial charge in [0.05, 0.1) is 0 Å². The van der Waals surface area contributed by atoms with E-state index in [4.69, 9.17) is 0 Å². The van der Waals surface area contributed by atoms with E-state index in [1.807, 2.05) is 13.8 Å². The Kier molecular flexibility index (Phi) is 8.66. The van der Waals surface area contributed by atoms with Crippen molar-refractivity contribution in [1.29, 1.82) is 0 Å². The van der Waals surface area contributed by atoms with Crippen LogP contribution in [0.15, 0.2) is 29.2 Å². The number of amides is 1. The molecule has 3 rings (SSSR count). The third kappa shape index (κ3) is 5.51. The summed E-state index contributed by atoms with van der Waals surface area (Å²) in [5, 5.41) is 13.1. The summed E-state index contributed by atoms with van der Waals surface area (Å²) >= 11 is 0. The number of nitrogens with one attached hydrogen (secondary N) is 1. The molecule has 0 saturated carbocycles. The summed E-state index contributed by atoms with van der Waals surface area (Å²) in [6.45, 7) is 9.55. The molecule has 0 spiro atoms. The van der Waals surface area contributed by atoms with Crippen molar-refractivity contribution in [3.8, 4) is 5.75 Å². The first-order valence-corrected chi connectivity index (χ1v) is 12.5. The topological polar surface area (TPSA) is 91.6 Å². The Morgan fingerprint density at radius 3 is 2.39 bits per heavy atom. The first-order chi connectivity index (χ1) is 17.0. The fourth-order valence-corrected chi connectivity index (χ4v) is 4.72. The van der Waals surface area contributed by atoms with E-state index in [-0.39, 0.29) is 35.2 Å². The molecule has 1 aromatic carbocycles. The number of fused-ring (bicyclic) bond motifs is 1. The van der Waals surface area contributed by atoms with Crippen LogP contribution in [0.4, 0.5) is 8.78 Å². The van der Waals surface area contributed by atoms with Crippen molar-refractivity contribution in [2.75, 3.05) is 13.1 Å². The first-order valence-electron chi connectivity index (χ1n) is 12.5. The van der Waals surface area contributed by atoms with Gasteiger partial charge in [0.1, 0.15) is 22.9 Å². The van der Waals surface area contributed by atoms with Gasteiger partial charge in [0, 0.05) is 42.4 Å². The van der Waals surface area contributed by atoms with Crippen molar-refractivity contribution in [3.63, 3.8) is 0 Å². The predicted octanol–water partition coefficient (Wildman–Crippen LogP) is 4.26. The number of Topliss-reactive ketones (excluding diaryl/α,β-unsaturated/α-hetero) is 1. The summed E-state index contributed by atoms with van der Waals surface area (Å²) in [6, 6.07) is 2.79. The normalized spacial score (nSPS) is 16.8. The predicted molar refractivity (Wildman–Crippen MR) is 133 cm³/mol. The van der Waals surface area contributed by atoms with E-state index < -0.39 is 34.1 Å². The summed E-state index contributed by atoms with van der Waals surface area (Å²) in [5.41, 5.74) is -2.22. The molecule has 2 N–H and O–H groups in total. The molecular weight excluding hydrogens is 468 g/mol. The van der Waals surface area contributed by atoms with Crippen molar-refractivity contribution >= 4 is 11.7 Å². The number of benzene rings is 1. The molecule has 0 aliphatic carbocycles. The molecule has 2 aromatic rings. The number of aromatic hydroxyl groups is 1. The summed E-state index contributed by atoms with van der Waals surface area (Å²) in [4.78, 5) is 41.5. The summed E-state index contributed by atoms with van der Waals surface area (Å²) in [5.74, 6) is -3.51. The maximum absolute atomic E-state index is 13.9. The van der Waals surface area contributed by atoms with Crippen LogP contribution in [0.2, 0.25) is 0 Å². The van der Waals surface area contributed by atoms with E-state index >= 15 is 0 Å². The molecule has 2 heterocycles.